The maximum absolute atomic E-state index is 6.38. The maximum Gasteiger partial charge on any atom is 0.374 e. The van der Waals surface area contributed by atoms with Gasteiger partial charge in [0.2, 0.25) is 5.58 Å². The summed E-state index contributed by atoms with van der Waals surface area (Å²) < 4.78 is 8.57. The van der Waals surface area contributed by atoms with Crippen LogP contribution in [0.25, 0.3) is 27.9 Å². The van der Waals surface area contributed by atoms with Crippen molar-refractivity contribution in [3.63, 3.8) is 0 Å². The second-order valence-electron chi connectivity index (χ2n) is 11.3. The predicted molar refractivity (Wildman–Crippen MR) is 157 cm³/mol. The van der Waals surface area contributed by atoms with Crippen LogP contribution in [0.2, 0.25) is 0 Å². The van der Waals surface area contributed by atoms with E-state index in [1.807, 2.05) is 11.8 Å². The van der Waals surface area contributed by atoms with Crippen LogP contribution in [0.15, 0.2) is 86.2 Å². The zero-order valence-electron chi connectivity index (χ0n) is 22.7. The van der Waals surface area contributed by atoms with Gasteiger partial charge >= 0.3 is 5.89 Å². The second-order valence-corrected chi connectivity index (χ2v) is 12.4. The van der Waals surface area contributed by atoms with Crippen molar-refractivity contribution in [1.82, 2.24) is 0 Å². The molecule has 0 spiro atoms. The Labute approximate surface area is 224 Å². The van der Waals surface area contributed by atoms with Gasteiger partial charge in [-0.15, -0.1) is 0 Å². The first-order valence-electron chi connectivity index (χ1n) is 13.2. The molecule has 0 amide bonds. The highest BCUT2D eigenvalue weighted by Crippen LogP contribution is 2.48. The molecule has 0 fully saturated rings. The minimum absolute atomic E-state index is 0.185. The minimum atomic E-state index is 0.185. The maximum atomic E-state index is 6.38. The lowest BCUT2D eigenvalue weighted by Crippen LogP contribution is -2.29. The molecule has 0 radical (unpaired) electrons. The SMILES string of the molecule is CCN1C(=CC2=CC(=Cc3oc4ccc5ccccc5c4[n+]3C)CC(C)(C)C2)Sc2cc(C)c(C)cc21. The number of aromatic nitrogens is 1. The molecule has 1 aromatic heterocycles. The lowest BCUT2D eigenvalue weighted by Gasteiger charge is -2.30. The summed E-state index contributed by atoms with van der Waals surface area (Å²) in [6.45, 7) is 12.4. The van der Waals surface area contributed by atoms with Crippen LogP contribution in [0.4, 0.5) is 5.69 Å². The van der Waals surface area contributed by atoms with E-state index in [1.54, 1.807) is 0 Å². The summed E-state index contributed by atoms with van der Waals surface area (Å²) in [4.78, 5) is 3.83. The fourth-order valence-electron chi connectivity index (χ4n) is 5.88. The molecule has 37 heavy (non-hydrogen) atoms. The molecule has 3 nitrogen and oxygen atoms in total. The Morgan fingerprint density at radius 3 is 2.62 bits per heavy atom. The number of thioether (sulfide) groups is 1. The summed E-state index contributed by atoms with van der Waals surface area (Å²) in [7, 11) is 2.11. The van der Waals surface area contributed by atoms with Crippen LogP contribution in [0.5, 0.6) is 0 Å². The number of hydrogen-bond acceptors (Lipinski definition) is 3. The molecule has 0 unspecified atom stereocenters. The molecule has 0 saturated carbocycles. The van der Waals surface area contributed by atoms with E-state index in [2.05, 4.69) is 118 Å². The summed E-state index contributed by atoms with van der Waals surface area (Å²) in [5.41, 5.74) is 9.02. The molecule has 4 heteroatoms. The second kappa shape index (κ2) is 8.95. The van der Waals surface area contributed by atoms with Crippen LogP contribution in [0.3, 0.4) is 0 Å². The first-order chi connectivity index (χ1) is 17.7. The van der Waals surface area contributed by atoms with E-state index in [1.165, 1.54) is 48.7 Å². The average Bonchev–Trinajstić information content (AvgIpc) is 3.34. The topological polar surface area (TPSA) is 20.3 Å². The van der Waals surface area contributed by atoms with Crippen molar-refractivity contribution in [1.29, 1.82) is 0 Å². The molecule has 1 aliphatic carbocycles. The van der Waals surface area contributed by atoms with Gasteiger partial charge in [0.05, 0.1) is 22.2 Å². The molecule has 0 atom stereocenters. The van der Waals surface area contributed by atoms with E-state index >= 15 is 0 Å². The molecular weight excluding hydrogens is 472 g/mol. The number of aryl methyl sites for hydroxylation is 3. The Morgan fingerprint density at radius 2 is 1.81 bits per heavy atom. The molecule has 188 valence electrons. The van der Waals surface area contributed by atoms with Gasteiger partial charge in [-0.05, 0) is 97.0 Å². The first kappa shape index (κ1) is 24.1. The van der Waals surface area contributed by atoms with Crippen molar-refractivity contribution in [3.05, 3.63) is 93.9 Å². The van der Waals surface area contributed by atoms with Crippen LogP contribution in [0, 0.1) is 19.3 Å². The lowest BCUT2D eigenvalue weighted by atomic mass is 9.75. The van der Waals surface area contributed by atoms with Gasteiger partial charge in [0.15, 0.2) is 0 Å². The molecule has 3 aromatic carbocycles. The largest absolute Gasteiger partial charge is 0.398 e. The van der Waals surface area contributed by atoms with Crippen molar-refractivity contribution in [3.8, 4) is 0 Å². The molecule has 6 rings (SSSR count). The number of fused-ring (bicyclic) bond motifs is 4. The third-order valence-corrected chi connectivity index (χ3v) is 8.86. The normalized spacial score (nSPS) is 19.3. The van der Waals surface area contributed by atoms with E-state index in [0.29, 0.717) is 0 Å². The number of rotatable bonds is 3. The Bertz CT molecular complexity index is 1650. The molecule has 0 bridgehead atoms. The van der Waals surface area contributed by atoms with E-state index in [-0.39, 0.29) is 5.41 Å². The van der Waals surface area contributed by atoms with Gasteiger partial charge in [0, 0.05) is 11.4 Å². The van der Waals surface area contributed by atoms with E-state index < -0.39 is 0 Å². The smallest absolute Gasteiger partial charge is 0.374 e. The zero-order valence-corrected chi connectivity index (χ0v) is 23.5. The predicted octanol–water partition coefficient (Wildman–Crippen LogP) is 8.63. The van der Waals surface area contributed by atoms with Crippen molar-refractivity contribution < 1.29 is 8.98 Å². The van der Waals surface area contributed by atoms with Gasteiger partial charge in [-0.2, -0.15) is 4.57 Å². The Balaban J connectivity index is 1.40. The average molecular weight is 508 g/mol. The number of benzene rings is 3. The molecule has 0 N–H and O–H groups in total. The van der Waals surface area contributed by atoms with Gasteiger partial charge in [0.25, 0.3) is 5.52 Å². The molecule has 0 saturated heterocycles. The van der Waals surface area contributed by atoms with Gasteiger partial charge < -0.3 is 9.32 Å². The number of hydrogen-bond donors (Lipinski definition) is 0. The lowest BCUT2D eigenvalue weighted by molar-refractivity contribution is -0.651. The van der Waals surface area contributed by atoms with Gasteiger partial charge in [-0.1, -0.05) is 56.0 Å². The summed E-state index contributed by atoms with van der Waals surface area (Å²) in [6, 6.07) is 17.4. The molecular formula is C33H35N2OS+. The quantitative estimate of drug-likeness (QED) is 0.259. The van der Waals surface area contributed by atoms with E-state index in [9.17, 15) is 0 Å². The minimum Gasteiger partial charge on any atom is -0.398 e. The molecule has 1 aliphatic heterocycles. The Hall–Kier alpha value is -3.24. The summed E-state index contributed by atoms with van der Waals surface area (Å²) in [5.74, 6) is 0.895. The summed E-state index contributed by atoms with van der Waals surface area (Å²) >= 11 is 1.90. The Kier molecular flexibility index (Phi) is 5.83. The van der Waals surface area contributed by atoms with E-state index in [4.69, 9.17) is 4.42 Å². The highest BCUT2D eigenvalue weighted by atomic mass is 32.2. The summed E-state index contributed by atoms with van der Waals surface area (Å²) in [6.07, 6.45) is 9.14. The Morgan fingerprint density at radius 1 is 1.03 bits per heavy atom. The fraction of sp³-hybridized carbons (Fsp3) is 0.303. The number of oxazole rings is 1. The number of anilines is 1. The third-order valence-electron chi connectivity index (χ3n) is 7.76. The van der Waals surface area contributed by atoms with Gasteiger partial charge in [-0.25, -0.2) is 0 Å². The van der Waals surface area contributed by atoms with Crippen LogP contribution in [-0.4, -0.2) is 6.54 Å². The van der Waals surface area contributed by atoms with Crippen molar-refractivity contribution in [2.75, 3.05) is 11.4 Å². The standard InChI is InChI=1S/C33H35N2OS/c1-7-35-27-14-21(2)22(3)15-29(27)37-31(35)18-24-16-23(19-33(4,5)20-24)17-30-34(6)32-26-11-9-8-10-25(26)12-13-28(32)36-30/h8-18H,7,19-20H2,1-6H3/q+1. The monoisotopic (exact) mass is 507 g/mol. The molecule has 4 aromatic rings. The van der Waals surface area contributed by atoms with Crippen LogP contribution in [0.1, 0.15) is 50.6 Å². The van der Waals surface area contributed by atoms with Gasteiger partial charge in [-0.3, -0.25) is 0 Å². The van der Waals surface area contributed by atoms with Crippen LogP contribution < -0.4 is 9.47 Å². The third kappa shape index (κ3) is 4.31. The molecule has 2 heterocycles. The van der Waals surface area contributed by atoms with Crippen LogP contribution in [-0.2, 0) is 7.05 Å². The molecule has 2 aliphatic rings. The zero-order chi connectivity index (χ0) is 25.9. The number of nitrogens with zero attached hydrogens (tertiary/aromatic N) is 2. The highest BCUT2D eigenvalue weighted by molar-refractivity contribution is 8.03. The van der Waals surface area contributed by atoms with Gasteiger partial charge in [0.1, 0.15) is 7.05 Å². The van der Waals surface area contributed by atoms with Crippen LogP contribution >= 0.6 is 11.8 Å². The van der Waals surface area contributed by atoms with Crippen molar-refractivity contribution in [2.24, 2.45) is 12.5 Å². The van der Waals surface area contributed by atoms with Crippen molar-refractivity contribution in [2.45, 2.75) is 52.4 Å². The van der Waals surface area contributed by atoms with Crippen molar-refractivity contribution >= 4 is 45.4 Å². The summed E-state index contributed by atoms with van der Waals surface area (Å²) in [5, 5.41) is 3.79. The first-order valence-corrected chi connectivity index (χ1v) is 14.0. The number of allylic oxidation sites excluding steroid dienone is 4. The highest BCUT2D eigenvalue weighted by Gasteiger charge is 2.29. The van der Waals surface area contributed by atoms with E-state index in [0.717, 1.165) is 36.4 Å². The fourth-order valence-corrected chi connectivity index (χ4v) is 7.16.